The number of H-pyrrole nitrogens is 1. The summed E-state index contributed by atoms with van der Waals surface area (Å²) in [5.41, 5.74) is 0.503. The van der Waals surface area contributed by atoms with Crippen LogP contribution in [-0.2, 0) is 5.41 Å². The van der Waals surface area contributed by atoms with Gasteiger partial charge in [-0.05, 0) is 5.75 Å². The molecule has 0 atom stereocenters. The van der Waals surface area contributed by atoms with Gasteiger partial charge in [0.1, 0.15) is 0 Å². The molecule has 0 aliphatic carbocycles. The van der Waals surface area contributed by atoms with Crippen molar-refractivity contribution >= 4 is 17.5 Å². The maximum Gasteiger partial charge on any atom is 0.274 e. The summed E-state index contributed by atoms with van der Waals surface area (Å²) in [6, 6.07) is 1.56. The molecule has 17 heavy (non-hydrogen) atoms. The highest BCUT2D eigenvalue weighted by Gasteiger charge is 2.18. The summed E-state index contributed by atoms with van der Waals surface area (Å²) in [5, 5.41) is 3.66. The largest absolute Gasteiger partial charge is 0.274 e. The van der Waals surface area contributed by atoms with Crippen LogP contribution in [0.1, 0.15) is 33.4 Å². The quantitative estimate of drug-likeness (QED) is 0.828. The molecule has 5 nitrogen and oxygen atoms in total. The molecule has 0 aliphatic heterocycles. The molecule has 0 radical (unpaired) electrons. The van der Waals surface area contributed by atoms with Gasteiger partial charge < -0.3 is 0 Å². The number of nitrogens with one attached hydrogen (secondary N) is 1. The third-order valence-corrected chi connectivity index (χ3v) is 3.10. The van der Waals surface area contributed by atoms with Crippen LogP contribution in [0.25, 0.3) is 5.78 Å². The Morgan fingerprint density at radius 2 is 2.12 bits per heavy atom. The van der Waals surface area contributed by atoms with Gasteiger partial charge in [-0.1, -0.05) is 39.5 Å². The summed E-state index contributed by atoms with van der Waals surface area (Å²) in [5.74, 6) is 1.35. The van der Waals surface area contributed by atoms with E-state index in [0.717, 1.165) is 16.6 Å². The molecule has 0 saturated carbocycles. The van der Waals surface area contributed by atoms with Crippen LogP contribution in [0, 0.1) is 0 Å². The molecule has 0 aliphatic rings. The maximum absolute atomic E-state index is 11.9. The topological polar surface area (TPSA) is 63.1 Å². The summed E-state index contributed by atoms with van der Waals surface area (Å²) in [4.78, 5) is 20.6. The van der Waals surface area contributed by atoms with E-state index in [1.165, 1.54) is 4.52 Å². The molecule has 2 rings (SSSR count). The van der Waals surface area contributed by atoms with Gasteiger partial charge in [0.05, 0.1) is 5.69 Å². The van der Waals surface area contributed by atoms with Crippen LogP contribution < -0.4 is 5.56 Å². The summed E-state index contributed by atoms with van der Waals surface area (Å²) in [6.45, 7) is 8.12. The van der Waals surface area contributed by atoms with Crippen LogP contribution >= 0.6 is 11.8 Å². The van der Waals surface area contributed by atoms with E-state index in [2.05, 4.69) is 15.1 Å². The van der Waals surface area contributed by atoms with E-state index in [1.807, 2.05) is 27.7 Å². The van der Waals surface area contributed by atoms with Gasteiger partial charge in [0.2, 0.25) is 0 Å². The molecule has 2 aromatic rings. The first-order chi connectivity index (χ1) is 7.91. The molecule has 2 aromatic heterocycles. The Bertz CT molecular complexity index is 594. The van der Waals surface area contributed by atoms with Gasteiger partial charge in [-0.25, -0.2) is 4.98 Å². The van der Waals surface area contributed by atoms with Crippen molar-refractivity contribution in [3.63, 3.8) is 0 Å². The van der Waals surface area contributed by atoms with Crippen molar-refractivity contribution in [2.24, 2.45) is 0 Å². The second-order valence-corrected chi connectivity index (χ2v) is 6.08. The van der Waals surface area contributed by atoms with Gasteiger partial charge in [-0.3, -0.25) is 9.89 Å². The lowest BCUT2D eigenvalue weighted by atomic mass is 9.92. The number of rotatable bonds is 2. The van der Waals surface area contributed by atoms with Gasteiger partial charge in [-0.2, -0.15) is 9.50 Å². The molecule has 2 heterocycles. The van der Waals surface area contributed by atoms with Crippen LogP contribution in [0.2, 0.25) is 0 Å². The van der Waals surface area contributed by atoms with Crippen molar-refractivity contribution in [1.82, 2.24) is 19.6 Å². The molecular weight excluding hydrogens is 236 g/mol. The fourth-order valence-electron chi connectivity index (χ4n) is 1.45. The molecule has 6 heteroatoms. The first kappa shape index (κ1) is 12.2. The lowest BCUT2D eigenvalue weighted by molar-refractivity contribution is 0.566. The predicted molar refractivity (Wildman–Crippen MR) is 68.7 cm³/mol. The molecule has 1 N–H and O–H groups in total. The molecule has 0 saturated heterocycles. The molecule has 0 bridgehead atoms. The lowest BCUT2D eigenvalue weighted by Crippen LogP contribution is -2.22. The van der Waals surface area contributed by atoms with E-state index < -0.39 is 0 Å². The molecule has 0 amide bonds. The molecule has 0 fully saturated rings. The zero-order valence-corrected chi connectivity index (χ0v) is 11.3. The summed E-state index contributed by atoms with van der Waals surface area (Å²) < 4.78 is 1.38. The van der Waals surface area contributed by atoms with E-state index in [-0.39, 0.29) is 11.0 Å². The van der Waals surface area contributed by atoms with Crippen molar-refractivity contribution in [2.75, 3.05) is 5.75 Å². The van der Waals surface area contributed by atoms with Gasteiger partial charge in [0, 0.05) is 11.5 Å². The number of aromatic nitrogens is 4. The Labute approximate surface area is 104 Å². The van der Waals surface area contributed by atoms with Crippen LogP contribution in [0.4, 0.5) is 0 Å². The second kappa shape index (κ2) is 4.18. The van der Waals surface area contributed by atoms with Crippen LogP contribution in [0.3, 0.4) is 0 Å². The fraction of sp³-hybridized carbons (Fsp3) is 0.545. The zero-order valence-electron chi connectivity index (χ0n) is 10.4. The minimum Gasteiger partial charge on any atom is -0.267 e. The minimum atomic E-state index is -0.148. The standard InChI is InChI=1S/C11H16N4OS/c1-5-17-10-13-9-12-7(11(2,3)4)6-8(16)15(9)14-10/h6H,5H2,1-4H3,(H,12,13,14). The van der Waals surface area contributed by atoms with Gasteiger partial charge in [0.25, 0.3) is 11.3 Å². The van der Waals surface area contributed by atoms with E-state index in [0.29, 0.717) is 5.78 Å². The number of nitrogens with zero attached hydrogens (tertiary/aromatic N) is 3. The summed E-state index contributed by atoms with van der Waals surface area (Å²) >= 11 is 1.56. The van der Waals surface area contributed by atoms with Crippen LogP contribution in [-0.4, -0.2) is 25.3 Å². The van der Waals surface area contributed by atoms with Gasteiger partial charge in [0.15, 0.2) is 5.16 Å². The first-order valence-electron chi connectivity index (χ1n) is 5.55. The molecule has 0 spiro atoms. The molecule has 0 aromatic carbocycles. The van der Waals surface area contributed by atoms with Crippen molar-refractivity contribution in [3.05, 3.63) is 22.1 Å². The van der Waals surface area contributed by atoms with Crippen LogP contribution in [0.5, 0.6) is 0 Å². The molecular formula is C11H16N4OS. The Hall–Kier alpha value is -1.30. The smallest absolute Gasteiger partial charge is 0.267 e. The highest BCUT2D eigenvalue weighted by molar-refractivity contribution is 7.99. The predicted octanol–water partition coefficient (Wildman–Crippen LogP) is 1.83. The highest BCUT2D eigenvalue weighted by atomic mass is 32.2. The van der Waals surface area contributed by atoms with Crippen molar-refractivity contribution in [3.8, 4) is 0 Å². The minimum absolute atomic E-state index is 0.115. The third kappa shape index (κ3) is 2.36. The first-order valence-corrected chi connectivity index (χ1v) is 6.53. The van der Waals surface area contributed by atoms with Crippen molar-refractivity contribution in [1.29, 1.82) is 0 Å². The van der Waals surface area contributed by atoms with Crippen LogP contribution in [0.15, 0.2) is 16.0 Å². The number of hydrogen-bond donors (Lipinski definition) is 1. The number of fused-ring (bicyclic) bond motifs is 1. The van der Waals surface area contributed by atoms with E-state index in [4.69, 9.17) is 0 Å². The number of hydrogen-bond acceptors (Lipinski definition) is 4. The lowest BCUT2D eigenvalue weighted by Gasteiger charge is -2.16. The van der Waals surface area contributed by atoms with Gasteiger partial charge >= 0.3 is 0 Å². The summed E-state index contributed by atoms with van der Waals surface area (Å²) in [6.07, 6.45) is 0. The van der Waals surface area contributed by atoms with E-state index in [9.17, 15) is 4.79 Å². The number of aromatic amines is 1. The fourth-order valence-corrected chi connectivity index (χ4v) is 2.02. The second-order valence-electron chi connectivity index (χ2n) is 4.83. The monoisotopic (exact) mass is 252 g/mol. The summed E-state index contributed by atoms with van der Waals surface area (Å²) in [7, 11) is 0. The van der Waals surface area contributed by atoms with Crippen molar-refractivity contribution in [2.45, 2.75) is 38.3 Å². The number of thioether (sulfide) groups is 1. The Kier molecular flexibility index (Phi) is 2.99. The average molecular weight is 252 g/mol. The normalized spacial score (nSPS) is 12.2. The molecule has 92 valence electrons. The highest BCUT2D eigenvalue weighted by Crippen LogP contribution is 2.19. The third-order valence-electron chi connectivity index (χ3n) is 2.36. The Morgan fingerprint density at radius 1 is 1.41 bits per heavy atom. The Balaban J connectivity index is 2.61. The van der Waals surface area contributed by atoms with Crippen molar-refractivity contribution < 1.29 is 0 Å². The van der Waals surface area contributed by atoms with E-state index in [1.54, 1.807) is 17.8 Å². The zero-order chi connectivity index (χ0) is 12.6. The maximum atomic E-state index is 11.9. The Morgan fingerprint density at radius 3 is 2.71 bits per heavy atom. The van der Waals surface area contributed by atoms with E-state index >= 15 is 0 Å². The average Bonchev–Trinajstić information content (AvgIpc) is 2.60. The van der Waals surface area contributed by atoms with Gasteiger partial charge in [-0.15, -0.1) is 0 Å². The SMILES string of the molecule is CCSc1nc2nc(C(C)(C)C)cc(=O)n2[nH]1. The molecule has 0 unspecified atom stereocenters.